The molecule has 182 valence electrons. The van der Waals surface area contributed by atoms with Crippen molar-refractivity contribution in [2.45, 2.75) is 76.3 Å². The highest BCUT2D eigenvalue weighted by Crippen LogP contribution is 2.26. The molecule has 2 aliphatic rings. The van der Waals surface area contributed by atoms with Crippen LogP contribution < -0.4 is 10.0 Å². The van der Waals surface area contributed by atoms with Crippen molar-refractivity contribution in [1.82, 2.24) is 10.2 Å². The fraction of sp³-hybridized carbons (Fsp3) is 0.462. The van der Waals surface area contributed by atoms with Gasteiger partial charge in [-0.3, -0.25) is 14.3 Å². The molecule has 1 aliphatic carbocycles. The Kier molecular flexibility index (Phi) is 6.98. The van der Waals surface area contributed by atoms with Crippen LogP contribution in [0.5, 0.6) is 0 Å². The van der Waals surface area contributed by atoms with E-state index in [-0.39, 0.29) is 22.8 Å². The third-order valence-electron chi connectivity index (χ3n) is 6.96. The molecule has 2 aromatic carbocycles. The molecule has 1 unspecified atom stereocenters. The Labute approximate surface area is 202 Å². The number of benzene rings is 2. The number of anilines is 1. The standard InChI is InChI=1S/C26H33N3O4S/c1-17-14-19(3)24(15-18(17)2)34(32,33)28-22-11-6-8-20(16-22)26(31)29-13-7-12-23(29)25(30)27-21-9-4-5-10-21/h6,8,11,14-16,21,23,28H,4-5,7,9-10,12-13H2,1-3H3,(H,27,30). The van der Waals surface area contributed by atoms with Crippen molar-refractivity contribution in [3.63, 3.8) is 0 Å². The number of hydrogen-bond acceptors (Lipinski definition) is 4. The van der Waals surface area contributed by atoms with Crippen LogP contribution in [0.4, 0.5) is 5.69 Å². The summed E-state index contributed by atoms with van der Waals surface area (Å²) in [6.07, 6.45) is 5.66. The molecule has 4 rings (SSSR count). The van der Waals surface area contributed by atoms with E-state index in [1.54, 1.807) is 42.2 Å². The summed E-state index contributed by atoms with van der Waals surface area (Å²) in [5.41, 5.74) is 3.26. The molecule has 1 saturated carbocycles. The average Bonchev–Trinajstić information content (AvgIpc) is 3.47. The van der Waals surface area contributed by atoms with Gasteiger partial charge in [-0.05, 0) is 87.4 Å². The largest absolute Gasteiger partial charge is 0.352 e. The number of sulfonamides is 1. The van der Waals surface area contributed by atoms with Gasteiger partial charge in [0.25, 0.3) is 15.9 Å². The lowest BCUT2D eigenvalue weighted by molar-refractivity contribution is -0.125. The normalized spacial score (nSPS) is 18.8. The number of hydrogen-bond donors (Lipinski definition) is 2. The molecule has 2 aromatic rings. The fourth-order valence-electron chi connectivity index (χ4n) is 4.97. The van der Waals surface area contributed by atoms with Crippen LogP contribution in [0.1, 0.15) is 65.6 Å². The molecule has 2 N–H and O–H groups in total. The number of nitrogens with zero attached hydrogens (tertiary/aromatic N) is 1. The summed E-state index contributed by atoms with van der Waals surface area (Å²) < 4.78 is 28.8. The van der Waals surface area contributed by atoms with Crippen LogP contribution in [0.15, 0.2) is 41.3 Å². The second-order valence-electron chi connectivity index (χ2n) is 9.53. The molecule has 34 heavy (non-hydrogen) atoms. The van der Waals surface area contributed by atoms with Crippen LogP contribution in [0.3, 0.4) is 0 Å². The SMILES string of the molecule is Cc1cc(C)c(S(=O)(=O)Nc2cccc(C(=O)N3CCCC3C(=O)NC3CCCC3)c2)cc1C. The number of likely N-dealkylation sites (tertiary alicyclic amines) is 1. The van der Waals surface area contributed by atoms with Crippen molar-refractivity contribution < 1.29 is 18.0 Å². The highest BCUT2D eigenvalue weighted by atomic mass is 32.2. The molecule has 1 atom stereocenters. The average molecular weight is 484 g/mol. The molecule has 7 nitrogen and oxygen atoms in total. The number of amides is 2. The minimum atomic E-state index is -3.82. The maximum atomic E-state index is 13.3. The van der Waals surface area contributed by atoms with Crippen molar-refractivity contribution >= 4 is 27.5 Å². The first-order valence-corrected chi connectivity index (χ1v) is 13.5. The van der Waals surface area contributed by atoms with E-state index in [1.807, 2.05) is 19.9 Å². The molecule has 2 fully saturated rings. The number of nitrogens with one attached hydrogen (secondary N) is 2. The summed E-state index contributed by atoms with van der Waals surface area (Å²) in [6.45, 7) is 6.10. The number of aryl methyl sites for hydroxylation is 3. The summed E-state index contributed by atoms with van der Waals surface area (Å²) in [5, 5.41) is 3.11. The van der Waals surface area contributed by atoms with E-state index in [0.29, 0.717) is 29.8 Å². The first-order chi connectivity index (χ1) is 16.2. The summed E-state index contributed by atoms with van der Waals surface area (Å²) in [4.78, 5) is 28.0. The number of carbonyl (C=O) groups is 2. The molecule has 0 aromatic heterocycles. The van der Waals surface area contributed by atoms with E-state index < -0.39 is 16.1 Å². The van der Waals surface area contributed by atoms with Gasteiger partial charge in [0.2, 0.25) is 5.91 Å². The Balaban J connectivity index is 1.51. The van der Waals surface area contributed by atoms with Crippen molar-refractivity contribution in [1.29, 1.82) is 0 Å². The Hall–Kier alpha value is -2.87. The van der Waals surface area contributed by atoms with E-state index in [9.17, 15) is 18.0 Å². The van der Waals surface area contributed by atoms with Gasteiger partial charge in [-0.15, -0.1) is 0 Å². The molecule has 1 heterocycles. The van der Waals surface area contributed by atoms with E-state index >= 15 is 0 Å². The van der Waals surface area contributed by atoms with Crippen LogP contribution in [-0.4, -0.2) is 43.8 Å². The van der Waals surface area contributed by atoms with Crippen molar-refractivity contribution in [2.24, 2.45) is 0 Å². The second-order valence-corrected chi connectivity index (χ2v) is 11.2. The zero-order chi connectivity index (χ0) is 24.5. The Bertz CT molecular complexity index is 1200. The predicted molar refractivity (Wildman–Crippen MR) is 132 cm³/mol. The third-order valence-corrected chi connectivity index (χ3v) is 8.48. The van der Waals surface area contributed by atoms with Crippen LogP contribution in [-0.2, 0) is 14.8 Å². The molecule has 1 saturated heterocycles. The van der Waals surface area contributed by atoms with E-state index in [1.165, 1.54) is 0 Å². The monoisotopic (exact) mass is 483 g/mol. The van der Waals surface area contributed by atoms with E-state index in [2.05, 4.69) is 10.0 Å². The van der Waals surface area contributed by atoms with E-state index in [0.717, 1.165) is 43.2 Å². The smallest absolute Gasteiger partial charge is 0.262 e. The van der Waals surface area contributed by atoms with Crippen LogP contribution in [0.2, 0.25) is 0 Å². The zero-order valence-corrected chi connectivity index (χ0v) is 20.9. The van der Waals surface area contributed by atoms with Crippen molar-refractivity contribution in [3.05, 3.63) is 58.7 Å². The Morgan fingerprint density at radius 2 is 1.62 bits per heavy atom. The van der Waals surface area contributed by atoms with Gasteiger partial charge in [0.15, 0.2) is 0 Å². The lowest BCUT2D eigenvalue weighted by Crippen LogP contribution is -2.48. The quantitative estimate of drug-likeness (QED) is 0.647. The maximum Gasteiger partial charge on any atom is 0.262 e. The summed E-state index contributed by atoms with van der Waals surface area (Å²) >= 11 is 0. The molecule has 2 amide bonds. The minimum Gasteiger partial charge on any atom is -0.352 e. The second kappa shape index (κ2) is 9.78. The highest BCUT2D eigenvalue weighted by molar-refractivity contribution is 7.92. The topological polar surface area (TPSA) is 95.6 Å². The maximum absolute atomic E-state index is 13.3. The molecule has 0 radical (unpaired) electrons. The third kappa shape index (κ3) is 5.12. The molecular formula is C26H33N3O4S. The Morgan fingerprint density at radius 3 is 2.35 bits per heavy atom. The van der Waals surface area contributed by atoms with Crippen LogP contribution >= 0.6 is 0 Å². The predicted octanol–water partition coefficient (Wildman–Crippen LogP) is 4.08. The lowest BCUT2D eigenvalue weighted by atomic mass is 10.1. The number of carbonyl (C=O) groups excluding carboxylic acids is 2. The fourth-order valence-corrected chi connectivity index (χ4v) is 6.33. The molecule has 8 heteroatoms. The van der Waals surface area contributed by atoms with Crippen molar-refractivity contribution in [3.8, 4) is 0 Å². The molecule has 0 spiro atoms. The van der Waals surface area contributed by atoms with Gasteiger partial charge in [-0.2, -0.15) is 0 Å². The summed E-state index contributed by atoms with van der Waals surface area (Å²) in [7, 11) is -3.82. The summed E-state index contributed by atoms with van der Waals surface area (Å²) in [5.74, 6) is -0.340. The van der Waals surface area contributed by atoms with Gasteiger partial charge in [-0.25, -0.2) is 8.42 Å². The zero-order valence-electron chi connectivity index (χ0n) is 20.1. The molecule has 0 bridgehead atoms. The van der Waals surface area contributed by atoms with Crippen LogP contribution in [0, 0.1) is 20.8 Å². The van der Waals surface area contributed by atoms with Gasteiger partial charge in [0, 0.05) is 23.8 Å². The van der Waals surface area contributed by atoms with Gasteiger partial charge < -0.3 is 10.2 Å². The molecular weight excluding hydrogens is 450 g/mol. The number of rotatable bonds is 6. The van der Waals surface area contributed by atoms with Crippen LogP contribution in [0.25, 0.3) is 0 Å². The lowest BCUT2D eigenvalue weighted by Gasteiger charge is -2.25. The van der Waals surface area contributed by atoms with Gasteiger partial charge in [-0.1, -0.05) is 25.0 Å². The summed E-state index contributed by atoms with van der Waals surface area (Å²) in [6, 6.07) is 9.73. The van der Waals surface area contributed by atoms with Gasteiger partial charge in [0.1, 0.15) is 6.04 Å². The minimum absolute atomic E-state index is 0.0835. The van der Waals surface area contributed by atoms with Gasteiger partial charge >= 0.3 is 0 Å². The van der Waals surface area contributed by atoms with Gasteiger partial charge in [0.05, 0.1) is 4.90 Å². The van der Waals surface area contributed by atoms with Crippen molar-refractivity contribution in [2.75, 3.05) is 11.3 Å². The first kappa shape index (κ1) is 24.3. The van der Waals surface area contributed by atoms with E-state index in [4.69, 9.17) is 0 Å². The first-order valence-electron chi connectivity index (χ1n) is 12.0. The highest BCUT2D eigenvalue weighted by Gasteiger charge is 2.35. The Morgan fingerprint density at radius 1 is 0.912 bits per heavy atom. The molecule has 1 aliphatic heterocycles.